The number of nitrogens with one attached hydrogen (secondary N) is 2. The minimum Gasteiger partial charge on any atom is -0.353 e. The summed E-state index contributed by atoms with van der Waals surface area (Å²) < 4.78 is 0. The van der Waals surface area contributed by atoms with Gasteiger partial charge in [-0.15, -0.1) is 0 Å². The summed E-state index contributed by atoms with van der Waals surface area (Å²) in [6.45, 7) is 2.75. The molecule has 2 saturated heterocycles. The Balaban J connectivity index is 1.49. The summed E-state index contributed by atoms with van der Waals surface area (Å²) in [4.78, 5) is 42.7. The van der Waals surface area contributed by atoms with Crippen molar-refractivity contribution in [3.05, 3.63) is 18.3 Å². The summed E-state index contributed by atoms with van der Waals surface area (Å²) in [5.41, 5.74) is 0.604. The fourth-order valence-electron chi connectivity index (χ4n) is 2.57. The number of hydrogen-bond acceptors (Lipinski definition) is 6. The average molecular weight is 349 g/mol. The van der Waals surface area contributed by atoms with E-state index in [1.165, 1.54) is 11.8 Å². The molecule has 0 radical (unpaired) electrons. The molecule has 1 aromatic heterocycles. The van der Waals surface area contributed by atoms with Gasteiger partial charge in [0.15, 0.2) is 0 Å². The van der Waals surface area contributed by atoms with Crippen LogP contribution in [0.4, 0.5) is 16.3 Å². The molecule has 2 aliphatic heterocycles. The van der Waals surface area contributed by atoms with Gasteiger partial charge in [0.2, 0.25) is 11.8 Å². The highest BCUT2D eigenvalue weighted by Gasteiger charge is 2.21. The van der Waals surface area contributed by atoms with E-state index in [1.54, 1.807) is 23.2 Å². The normalized spacial score (nSPS) is 17.8. The molecule has 0 aliphatic carbocycles. The van der Waals surface area contributed by atoms with Crippen LogP contribution in [0.2, 0.25) is 0 Å². The van der Waals surface area contributed by atoms with Crippen LogP contribution in [0, 0.1) is 0 Å². The maximum atomic E-state index is 12.0. The molecule has 24 heavy (non-hydrogen) atoms. The van der Waals surface area contributed by atoms with E-state index in [1.807, 2.05) is 4.90 Å². The zero-order valence-electron chi connectivity index (χ0n) is 13.2. The number of carbonyl (C=O) groups is 3. The molecule has 0 unspecified atom stereocenters. The maximum absolute atomic E-state index is 12.0. The number of nitrogens with zero attached hydrogens (tertiary/aromatic N) is 3. The third-order valence-corrected chi connectivity index (χ3v) is 4.74. The molecule has 2 N–H and O–H groups in total. The van der Waals surface area contributed by atoms with Gasteiger partial charge in [0, 0.05) is 38.4 Å². The van der Waals surface area contributed by atoms with Gasteiger partial charge in [-0.25, -0.2) is 4.98 Å². The van der Waals surface area contributed by atoms with Crippen LogP contribution in [0.1, 0.15) is 6.42 Å². The lowest BCUT2D eigenvalue weighted by atomic mass is 10.3. The Morgan fingerprint density at radius 3 is 2.88 bits per heavy atom. The van der Waals surface area contributed by atoms with Gasteiger partial charge in [0.1, 0.15) is 5.82 Å². The molecule has 2 aliphatic rings. The van der Waals surface area contributed by atoms with Crippen molar-refractivity contribution in [2.75, 3.05) is 48.7 Å². The number of pyridine rings is 1. The Kier molecular flexibility index (Phi) is 5.19. The fourth-order valence-corrected chi connectivity index (χ4v) is 3.42. The Labute approximate surface area is 144 Å². The second kappa shape index (κ2) is 7.52. The van der Waals surface area contributed by atoms with Crippen molar-refractivity contribution in [1.82, 2.24) is 15.2 Å². The first kappa shape index (κ1) is 16.6. The first-order valence-corrected chi connectivity index (χ1v) is 8.79. The second-order valence-corrected chi connectivity index (χ2v) is 6.62. The van der Waals surface area contributed by atoms with Crippen LogP contribution in [0.5, 0.6) is 0 Å². The monoisotopic (exact) mass is 349 g/mol. The summed E-state index contributed by atoms with van der Waals surface area (Å²) >= 11 is 1.29. The van der Waals surface area contributed by atoms with Crippen LogP contribution in [0.25, 0.3) is 0 Å². The standard InChI is InChI=1S/C15H19N5O3S/c21-13(3-5-19-7-8-24-15(19)23)18-11-1-2-12(17-9-11)20-6-4-16-14(22)10-20/h1-2,9H,3-8,10H2,(H,16,22)(H,18,21). The summed E-state index contributed by atoms with van der Waals surface area (Å²) in [6, 6.07) is 3.55. The minimum absolute atomic E-state index is 0.0185. The number of hydrogen-bond donors (Lipinski definition) is 2. The number of amides is 3. The highest BCUT2D eigenvalue weighted by Crippen LogP contribution is 2.18. The predicted molar refractivity (Wildman–Crippen MR) is 92.1 cm³/mol. The molecule has 0 saturated carbocycles. The number of rotatable bonds is 5. The van der Waals surface area contributed by atoms with Gasteiger partial charge >= 0.3 is 0 Å². The minimum atomic E-state index is -0.147. The number of carbonyl (C=O) groups excluding carboxylic acids is 3. The smallest absolute Gasteiger partial charge is 0.281 e. The number of thioether (sulfide) groups is 1. The Bertz CT molecular complexity index is 637. The lowest BCUT2D eigenvalue weighted by molar-refractivity contribution is -0.120. The maximum Gasteiger partial charge on any atom is 0.281 e. The van der Waals surface area contributed by atoms with E-state index in [0.717, 1.165) is 5.75 Å². The molecule has 9 heteroatoms. The van der Waals surface area contributed by atoms with E-state index in [-0.39, 0.29) is 23.5 Å². The molecule has 3 rings (SSSR count). The summed E-state index contributed by atoms with van der Waals surface area (Å²) in [5, 5.41) is 5.58. The summed E-state index contributed by atoms with van der Waals surface area (Å²) in [7, 11) is 0. The van der Waals surface area contributed by atoms with Crippen molar-refractivity contribution in [3.8, 4) is 0 Å². The topological polar surface area (TPSA) is 94.6 Å². The van der Waals surface area contributed by atoms with Crippen molar-refractivity contribution in [3.63, 3.8) is 0 Å². The average Bonchev–Trinajstić information content (AvgIpc) is 2.99. The van der Waals surface area contributed by atoms with Crippen LogP contribution >= 0.6 is 11.8 Å². The summed E-state index contributed by atoms with van der Waals surface area (Å²) in [6.07, 6.45) is 1.84. The zero-order chi connectivity index (χ0) is 16.9. The third kappa shape index (κ3) is 4.16. The lowest BCUT2D eigenvalue weighted by Crippen LogP contribution is -2.48. The Morgan fingerprint density at radius 1 is 1.33 bits per heavy atom. The SMILES string of the molecule is O=C1CN(c2ccc(NC(=O)CCN3CCSC3=O)cn2)CCN1. The van der Waals surface area contributed by atoms with E-state index < -0.39 is 0 Å². The second-order valence-electron chi connectivity index (χ2n) is 5.58. The highest BCUT2D eigenvalue weighted by atomic mass is 32.2. The molecule has 2 fully saturated rings. The molecule has 0 bridgehead atoms. The molecule has 0 atom stereocenters. The van der Waals surface area contributed by atoms with Crippen molar-refractivity contribution in [1.29, 1.82) is 0 Å². The van der Waals surface area contributed by atoms with E-state index in [2.05, 4.69) is 15.6 Å². The van der Waals surface area contributed by atoms with Crippen LogP contribution in [-0.2, 0) is 9.59 Å². The van der Waals surface area contributed by atoms with Crippen molar-refractivity contribution in [2.45, 2.75) is 6.42 Å². The van der Waals surface area contributed by atoms with Gasteiger partial charge in [-0.05, 0) is 12.1 Å². The van der Waals surface area contributed by atoms with E-state index in [4.69, 9.17) is 0 Å². The van der Waals surface area contributed by atoms with E-state index in [0.29, 0.717) is 44.2 Å². The fraction of sp³-hybridized carbons (Fsp3) is 0.467. The Hall–Kier alpha value is -2.29. The quantitative estimate of drug-likeness (QED) is 0.805. The predicted octanol–water partition coefficient (Wildman–Crippen LogP) is 0.515. The van der Waals surface area contributed by atoms with Crippen LogP contribution in [-0.4, -0.2) is 65.4 Å². The van der Waals surface area contributed by atoms with Crippen molar-refractivity contribution >= 4 is 40.3 Å². The summed E-state index contributed by atoms with van der Waals surface area (Å²) in [5.74, 6) is 1.34. The third-order valence-electron chi connectivity index (χ3n) is 3.85. The van der Waals surface area contributed by atoms with E-state index in [9.17, 15) is 14.4 Å². The van der Waals surface area contributed by atoms with E-state index >= 15 is 0 Å². The van der Waals surface area contributed by atoms with Crippen molar-refractivity contribution in [2.24, 2.45) is 0 Å². The molecule has 3 heterocycles. The molecule has 0 aromatic carbocycles. The zero-order valence-corrected chi connectivity index (χ0v) is 14.0. The van der Waals surface area contributed by atoms with Gasteiger partial charge in [-0.3, -0.25) is 14.4 Å². The lowest BCUT2D eigenvalue weighted by Gasteiger charge is -2.27. The highest BCUT2D eigenvalue weighted by molar-refractivity contribution is 8.13. The molecule has 0 spiro atoms. The van der Waals surface area contributed by atoms with Crippen molar-refractivity contribution < 1.29 is 14.4 Å². The van der Waals surface area contributed by atoms with Gasteiger partial charge in [-0.1, -0.05) is 11.8 Å². The molecular formula is C15H19N5O3S. The molecule has 1 aromatic rings. The number of anilines is 2. The molecular weight excluding hydrogens is 330 g/mol. The van der Waals surface area contributed by atoms with Crippen LogP contribution in [0.15, 0.2) is 18.3 Å². The first-order chi connectivity index (χ1) is 11.6. The van der Waals surface area contributed by atoms with Crippen LogP contribution < -0.4 is 15.5 Å². The molecule has 8 nitrogen and oxygen atoms in total. The Morgan fingerprint density at radius 2 is 2.21 bits per heavy atom. The number of piperazine rings is 1. The van der Waals surface area contributed by atoms with Gasteiger partial charge in [0.25, 0.3) is 5.24 Å². The van der Waals surface area contributed by atoms with Gasteiger partial charge in [-0.2, -0.15) is 0 Å². The van der Waals surface area contributed by atoms with Gasteiger partial charge < -0.3 is 20.4 Å². The van der Waals surface area contributed by atoms with Crippen LogP contribution in [0.3, 0.4) is 0 Å². The van der Waals surface area contributed by atoms with Gasteiger partial charge in [0.05, 0.1) is 18.4 Å². The molecule has 3 amide bonds. The largest absolute Gasteiger partial charge is 0.353 e. The first-order valence-electron chi connectivity index (χ1n) is 7.81. The molecule has 128 valence electrons. The number of aromatic nitrogens is 1.